The monoisotopic (exact) mass is 312 g/mol. The molecule has 2 heterocycles. The topological polar surface area (TPSA) is 140 Å². The lowest BCUT2D eigenvalue weighted by Gasteiger charge is -2.17. The largest absolute Gasteiger partial charge is 0.394 e. The molecule has 1 aromatic rings. The summed E-state index contributed by atoms with van der Waals surface area (Å²) in [7, 11) is 0. The fourth-order valence-corrected chi connectivity index (χ4v) is 2.27. The lowest BCUT2D eigenvalue weighted by molar-refractivity contribution is -0.383. The number of aliphatic hydroxyl groups excluding tert-OH is 1. The molecule has 10 nitrogen and oxygen atoms in total. The second-order valence-electron chi connectivity index (χ2n) is 4.82. The first-order chi connectivity index (χ1) is 10.6. The number of hydrogen-bond acceptors (Lipinski definition) is 9. The highest BCUT2D eigenvalue weighted by molar-refractivity contribution is 5.71. The van der Waals surface area contributed by atoms with E-state index < -0.39 is 4.92 Å². The van der Waals surface area contributed by atoms with Crippen molar-refractivity contribution in [1.29, 1.82) is 0 Å². The third kappa shape index (κ3) is 3.92. The van der Waals surface area contributed by atoms with Gasteiger partial charge in [-0.25, -0.2) is 0 Å². The fraction of sp³-hybridized carbons (Fsp3) is 0.667. The van der Waals surface area contributed by atoms with Gasteiger partial charge in [0.1, 0.15) is 0 Å². The molecule has 0 aromatic carbocycles. The van der Waals surface area contributed by atoms with Crippen LogP contribution in [0.25, 0.3) is 0 Å². The molecular formula is C12H20N6O4. The zero-order valence-corrected chi connectivity index (χ0v) is 12.2. The zero-order chi connectivity index (χ0) is 15.9. The lowest BCUT2D eigenvalue weighted by atomic mass is 10.4. The second kappa shape index (κ2) is 7.71. The third-order valence-corrected chi connectivity index (χ3v) is 3.25. The van der Waals surface area contributed by atoms with E-state index in [1.807, 2.05) is 4.90 Å². The highest BCUT2D eigenvalue weighted by atomic mass is 16.6. The van der Waals surface area contributed by atoms with E-state index >= 15 is 0 Å². The predicted octanol–water partition coefficient (Wildman–Crippen LogP) is -0.0120. The molecule has 2 rings (SSSR count). The van der Waals surface area contributed by atoms with Crippen LogP contribution < -0.4 is 16.0 Å². The average Bonchev–Trinajstić information content (AvgIpc) is 3.00. The first-order valence-electron chi connectivity index (χ1n) is 7.13. The summed E-state index contributed by atoms with van der Waals surface area (Å²) in [6, 6.07) is 0. The molecule has 0 amide bonds. The van der Waals surface area contributed by atoms with Gasteiger partial charge in [0.15, 0.2) is 0 Å². The Balaban J connectivity index is 2.13. The lowest BCUT2D eigenvalue weighted by Crippen LogP contribution is -2.23. The van der Waals surface area contributed by atoms with Crippen LogP contribution in [-0.2, 0) is 4.74 Å². The molecule has 0 spiro atoms. The Labute approximate surface area is 127 Å². The van der Waals surface area contributed by atoms with Gasteiger partial charge in [-0.15, -0.1) is 0 Å². The van der Waals surface area contributed by atoms with Crippen molar-refractivity contribution in [3.8, 4) is 0 Å². The smallest absolute Gasteiger partial charge is 0.353 e. The van der Waals surface area contributed by atoms with Gasteiger partial charge in [-0.05, 0) is 12.8 Å². The minimum Gasteiger partial charge on any atom is -0.394 e. The van der Waals surface area contributed by atoms with Crippen LogP contribution in [0, 0.1) is 10.1 Å². The maximum Gasteiger partial charge on any atom is 0.353 e. The summed E-state index contributed by atoms with van der Waals surface area (Å²) in [6.45, 7) is 2.42. The van der Waals surface area contributed by atoms with E-state index in [0.717, 1.165) is 25.9 Å². The summed E-state index contributed by atoms with van der Waals surface area (Å²) in [5.41, 5.74) is 5.47. The fourth-order valence-electron chi connectivity index (χ4n) is 2.27. The first kappa shape index (κ1) is 16.2. The van der Waals surface area contributed by atoms with Gasteiger partial charge in [0.25, 0.3) is 0 Å². The van der Waals surface area contributed by atoms with Crippen LogP contribution >= 0.6 is 0 Å². The molecule has 1 aliphatic heterocycles. The van der Waals surface area contributed by atoms with E-state index in [9.17, 15) is 10.1 Å². The van der Waals surface area contributed by atoms with Crippen LogP contribution in [-0.4, -0.2) is 59.5 Å². The Hall–Kier alpha value is -2.20. The molecule has 22 heavy (non-hydrogen) atoms. The summed E-state index contributed by atoms with van der Waals surface area (Å²) in [6.07, 6.45) is 1.94. The van der Waals surface area contributed by atoms with Gasteiger partial charge in [-0.2, -0.15) is 9.97 Å². The zero-order valence-electron chi connectivity index (χ0n) is 12.2. The highest BCUT2D eigenvalue weighted by Crippen LogP contribution is 2.33. The van der Waals surface area contributed by atoms with Gasteiger partial charge < -0.3 is 25.8 Å². The number of nitrogens with zero attached hydrogens (tertiary/aromatic N) is 4. The molecule has 0 bridgehead atoms. The molecule has 1 fully saturated rings. The minimum atomic E-state index is -0.545. The van der Waals surface area contributed by atoms with Crippen LogP contribution in [0.1, 0.15) is 12.8 Å². The Kier molecular flexibility index (Phi) is 5.67. The highest BCUT2D eigenvalue weighted by Gasteiger charge is 2.28. The number of nitrogen functional groups attached to an aromatic ring is 1. The number of aromatic nitrogens is 2. The number of nitrogens with two attached hydrogens (primary N) is 1. The number of nitro groups is 1. The molecule has 10 heteroatoms. The quantitative estimate of drug-likeness (QED) is 0.343. The SMILES string of the molecule is Nc1nc(NCCOCCO)nc(N2CCCC2)c1[N+](=O)[O-]. The molecule has 1 aliphatic rings. The maximum atomic E-state index is 11.2. The molecule has 4 N–H and O–H groups in total. The van der Waals surface area contributed by atoms with Gasteiger partial charge in [-0.1, -0.05) is 0 Å². The standard InChI is InChI=1S/C12H20N6O4/c13-10-9(18(20)21)11(17-4-1-2-5-17)16-12(15-10)14-3-7-22-8-6-19/h19H,1-8H2,(H3,13,14,15,16). The summed E-state index contributed by atoms with van der Waals surface area (Å²) >= 11 is 0. The maximum absolute atomic E-state index is 11.2. The summed E-state index contributed by atoms with van der Waals surface area (Å²) in [4.78, 5) is 20.7. The molecule has 1 aromatic heterocycles. The summed E-state index contributed by atoms with van der Waals surface area (Å²) in [5.74, 6) is 0.340. The second-order valence-corrected chi connectivity index (χ2v) is 4.82. The average molecular weight is 312 g/mol. The van der Waals surface area contributed by atoms with Crippen molar-refractivity contribution >= 4 is 23.3 Å². The van der Waals surface area contributed by atoms with Gasteiger partial charge in [0.2, 0.25) is 17.6 Å². The number of anilines is 3. The molecule has 0 saturated carbocycles. The van der Waals surface area contributed by atoms with Crippen molar-refractivity contribution in [2.24, 2.45) is 0 Å². The van der Waals surface area contributed by atoms with Crippen LogP contribution in [0.3, 0.4) is 0 Å². The molecule has 1 saturated heterocycles. The van der Waals surface area contributed by atoms with E-state index in [1.54, 1.807) is 0 Å². The number of hydrogen-bond donors (Lipinski definition) is 3. The third-order valence-electron chi connectivity index (χ3n) is 3.25. The van der Waals surface area contributed by atoms with E-state index in [2.05, 4.69) is 15.3 Å². The van der Waals surface area contributed by atoms with Crippen molar-refractivity contribution in [2.75, 3.05) is 55.4 Å². The molecular weight excluding hydrogens is 292 g/mol. The van der Waals surface area contributed by atoms with Crippen molar-refractivity contribution in [3.63, 3.8) is 0 Å². The van der Waals surface area contributed by atoms with Gasteiger partial charge in [-0.3, -0.25) is 10.1 Å². The molecule has 0 atom stereocenters. The van der Waals surface area contributed by atoms with Crippen molar-refractivity contribution in [3.05, 3.63) is 10.1 Å². The number of aliphatic hydroxyl groups is 1. The van der Waals surface area contributed by atoms with Crippen molar-refractivity contribution in [2.45, 2.75) is 12.8 Å². The normalized spacial score (nSPS) is 14.3. The van der Waals surface area contributed by atoms with E-state index in [1.165, 1.54) is 0 Å². The summed E-state index contributed by atoms with van der Waals surface area (Å²) in [5, 5.41) is 22.7. The molecule has 0 aliphatic carbocycles. The number of nitrogens with one attached hydrogen (secondary N) is 1. The van der Waals surface area contributed by atoms with E-state index in [0.29, 0.717) is 13.2 Å². The summed E-state index contributed by atoms with van der Waals surface area (Å²) < 4.78 is 5.11. The van der Waals surface area contributed by atoms with Crippen LogP contribution in [0.4, 0.5) is 23.3 Å². The van der Waals surface area contributed by atoms with Gasteiger partial charge >= 0.3 is 5.69 Å². The number of ether oxygens (including phenoxy) is 1. The molecule has 0 radical (unpaired) electrons. The van der Waals surface area contributed by atoms with Crippen molar-refractivity contribution in [1.82, 2.24) is 9.97 Å². The Morgan fingerprint density at radius 1 is 1.36 bits per heavy atom. The van der Waals surface area contributed by atoms with Crippen molar-refractivity contribution < 1.29 is 14.8 Å². The molecule has 122 valence electrons. The Morgan fingerprint density at radius 3 is 2.73 bits per heavy atom. The molecule has 0 unspecified atom stereocenters. The Morgan fingerprint density at radius 2 is 2.09 bits per heavy atom. The Bertz CT molecular complexity index is 521. The van der Waals surface area contributed by atoms with Crippen LogP contribution in [0.5, 0.6) is 0 Å². The van der Waals surface area contributed by atoms with E-state index in [4.69, 9.17) is 15.6 Å². The van der Waals surface area contributed by atoms with Crippen LogP contribution in [0.2, 0.25) is 0 Å². The van der Waals surface area contributed by atoms with Gasteiger partial charge in [0, 0.05) is 19.6 Å². The number of rotatable bonds is 8. The van der Waals surface area contributed by atoms with Gasteiger partial charge in [0.05, 0.1) is 24.7 Å². The predicted molar refractivity (Wildman–Crippen MR) is 80.9 cm³/mol. The van der Waals surface area contributed by atoms with E-state index in [-0.39, 0.29) is 36.5 Å². The first-order valence-corrected chi connectivity index (χ1v) is 7.13. The van der Waals surface area contributed by atoms with Crippen LogP contribution in [0.15, 0.2) is 0 Å². The minimum absolute atomic E-state index is 0.0416.